The van der Waals surface area contributed by atoms with Crippen molar-refractivity contribution >= 4 is 39.1 Å². The van der Waals surface area contributed by atoms with Crippen molar-refractivity contribution in [3.63, 3.8) is 0 Å². The number of aryl methyl sites for hydroxylation is 3. The molecule has 244 valence electrons. The van der Waals surface area contributed by atoms with Gasteiger partial charge in [-0.3, -0.25) is 24.0 Å². The summed E-state index contributed by atoms with van der Waals surface area (Å²) in [6, 6.07) is 7.00. The van der Waals surface area contributed by atoms with Crippen LogP contribution in [0.3, 0.4) is 0 Å². The molecule has 1 N–H and O–H groups in total. The van der Waals surface area contributed by atoms with Gasteiger partial charge in [-0.05, 0) is 76.8 Å². The maximum Gasteiger partial charge on any atom is 0.522 e. The molecule has 1 fully saturated rings. The summed E-state index contributed by atoms with van der Waals surface area (Å²) in [6.07, 6.45) is -2.93. The Morgan fingerprint density at radius 3 is 2.74 bits per heavy atom. The van der Waals surface area contributed by atoms with E-state index in [2.05, 4.69) is 9.72 Å². The minimum absolute atomic E-state index is 0.0646. The Hall–Kier alpha value is -3.52. The molecule has 1 aliphatic carbocycles. The SMILES string of the molecule is Cc1cc(-c2cc(Cl)ccc2OCCn2c(C)nc3c(c2=O)C[C@H](N2CCC[C@@H](OC(F)(F)F)C2)CC3)c2scc(C(=O)O)c2n1. The van der Waals surface area contributed by atoms with Crippen molar-refractivity contribution in [3.05, 3.63) is 73.4 Å². The molecule has 0 unspecified atom stereocenters. The quantitative estimate of drug-likeness (QED) is 0.228. The minimum Gasteiger partial charge on any atom is -0.491 e. The van der Waals surface area contributed by atoms with Gasteiger partial charge in [0, 0.05) is 45.4 Å². The zero-order valence-corrected chi connectivity index (χ0v) is 26.8. The number of rotatable bonds is 8. The van der Waals surface area contributed by atoms with Crippen molar-refractivity contribution in [2.45, 2.75) is 71.0 Å². The van der Waals surface area contributed by atoms with Crippen LogP contribution in [0.4, 0.5) is 13.2 Å². The van der Waals surface area contributed by atoms with Gasteiger partial charge in [-0.25, -0.2) is 9.78 Å². The zero-order chi connectivity index (χ0) is 32.7. The summed E-state index contributed by atoms with van der Waals surface area (Å²) < 4.78 is 51.4. The molecule has 46 heavy (non-hydrogen) atoms. The van der Waals surface area contributed by atoms with E-state index in [0.29, 0.717) is 82.3 Å². The summed E-state index contributed by atoms with van der Waals surface area (Å²) in [5.74, 6) is 0.0169. The van der Waals surface area contributed by atoms with E-state index in [0.717, 1.165) is 11.3 Å². The Kier molecular flexibility index (Phi) is 9.12. The topological polar surface area (TPSA) is 107 Å². The number of likely N-dealkylation sites (tertiary alicyclic amines) is 1. The highest BCUT2D eigenvalue weighted by atomic mass is 35.5. The van der Waals surface area contributed by atoms with Crippen molar-refractivity contribution in [3.8, 4) is 16.9 Å². The van der Waals surface area contributed by atoms with Crippen LogP contribution in [0, 0.1) is 13.8 Å². The first-order valence-corrected chi connectivity index (χ1v) is 16.3. The molecule has 0 radical (unpaired) electrons. The number of alkyl halides is 3. The fourth-order valence-corrected chi connectivity index (χ4v) is 7.72. The molecule has 0 spiro atoms. The third-order valence-corrected chi connectivity index (χ3v) is 9.84. The van der Waals surface area contributed by atoms with Gasteiger partial charge in [0.1, 0.15) is 18.2 Å². The fourth-order valence-electron chi connectivity index (χ4n) is 6.54. The molecule has 1 aliphatic heterocycles. The van der Waals surface area contributed by atoms with E-state index in [1.807, 2.05) is 11.0 Å². The van der Waals surface area contributed by atoms with Gasteiger partial charge >= 0.3 is 12.3 Å². The number of pyridine rings is 1. The summed E-state index contributed by atoms with van der Waals surface area (Å²) in [5, 5.41) is 11.7. The minimum atomic E-state index is -4.67. The molecule has 1 aromatic carbocycles. The second-order valence-electron chi connectivity index (χ2n) is 11.7. The van der Waals surface area contributed by atoms with Crippen molar-refractivity contribution in [2.24, 2.45) is 0 Å². The van der Waals surface area contributed by atoms with E-state index in [4.69, 9.17) is 21.3 Å². The molecule has 0 bridgehead atoms. The molecule has 4 heterocycles. The summed E-state index contributed by atoms with van der Waals surface area (Å²) >= 11 is 7.66. The first-order valence-electron chi connectivity index (χ1n) is 15.0. The van der Waals surface area contributed by atoms with Crippen LogP contribution in [0.2, 0.25) is 5.02 Å². The van der Waals surface area contributed by atoms with Crippen LogP contribution in [0.5, 0.6) is 5.75 Å². The number of carbonyl (C=O) groups is 1. The van der Waals surface area contributed by atoms with Gasteiger partial charge in [0.2, 0.25) is 0 Å². The molecule has 9 nitrogen and oxygen atoms in total. The van der Waals surface area contributed by atoms with Gasteiger partial charge in [0.05, 0.1) is 34.1 Å². The molecule has 0 saturated carbocycles. The summed E-state index contributed by atoms with van der Waals surface area (Å²) in [5.41, 5.74) is 3.74. The highest BCUT2D eigenvalue weighted by Crippen LogP contribution is 2.40. The Morgan fingerprint density at radius 2 is 1.98 bits per heavy atom. The Balaban J connectivity index is 1.21. The Morgan fingerprint density at radius 1 is 1.17 bits per heavy atom. The van der Waals surface area contributed by atoms with E-state index in [1.54, 1.807) is 42.0 Å². The highest BCUT2D eigenvalue weighted by molar-refractivity contribution is 7.18. The van der Waals surface area contributed by atoms with Gasteiger partial charge < -0.3 is 9.84 Å². The van der Waals surface area contributed by atoms with Crippen LogP contribution in [0.1, 0.15) is 52.4 Å². The molecule has 2 aliphatic rings. The van der Waals surface area contributed by atoms with E-state index < -0.39 is 18.4 Å². The van der Waals surface area contributed by atoms with Gasteiger partial charge in [-0.1, -0.05) is 11.6 Å². The predicted octanol–water partition coefficient (Wildman–Crippen LogP) is 6.43. The second kappa shape index (κ2) is 12.9. The Bertz CT molecular complexity index is 1860. The molecular weight excluding hydrogens is 645 g/mol. The molecular formula is C32H32ClF3N4O5S. The molecule has 6 rings (SSSR count). The molecule has 2 atom stereocenters. The number of nitrogens with zero attached hydrogens (tertiary/aromatic N) is 4. The normalized spacial score (nSPS) is 18.9. The first kappa shape index (κ1) is 32.4. The number of piperidine rings is 1. The Labute approximate surface area is 271 Å². The van der Waals surface area contributed by atoms with Crippen LogP contribution < -0.4 is 10.3 Å². The van der Waals surface area contributed by atoms with Gasteiger partial charge in [0.25, 0.3) is 5.56 Å². The lowest BCUT2D eigenvalue weighted by Gasteiger charge is -2.40. The van der Waals surface area contributed by atoms with E-state index in [1.165, 1.54) is 11.3 Å². The van der Waals surface area contributed by atoms with E-state index >= 15 is 0 Å². The van der Waals surface area contributed by atoms with Crippen molar-refractivity contribution in [2.75, 3.05) is 19.7 Å². The van der Waals surface area contributed by atoms with Crippen LogP contribution >= 0.6 is 22.9 Å². The summed E-state index contributed by atoms with van der Waals surface area (Å²) in [6.45, 7) is 4.76. The number of carboxylic acid groups (broad SMARTS) is 1. The van der Waals surface area contributed by atoms with Crippen LogP contribution in [-0.4, -0.2) is 68.7 Å². The standard InChI is InChI=1S/C32H32ClF3N4O5S/c1-17-12-23(29-28(37-17)25(16-46-29)31(42)43)22-13-19(33)5-8-27(22)44-11-10-40-18(2)38-26-7-6-20(14-24(26)30(40)41)39-9-3-4-21(15-39)45-32(34,35)36/h5,8,12-13,16,20-21H,3-4,6-7,9-11,14-15H2,1-2H3,(H,42,43)/t20-,21-/m1/s1. The fraction of sp³-hybridized carbons (Fsp3) is 0.438. The lowest BCUT2D eigenvalue weighted by Crippen LogP contribution is -2.49. The lowest BCUT2D eigenvalue weighted by atomic mass is 9.90. The number of benzene rings is 1. The average molecular weight is 677 g/mol. The second-order valence-corrected chi connectivity index (χ2v) is 13.0. The molecule has 0 amide bonds. The summed E-state index contributed by atoms with van der Waals surface area (Å²) in [7, 11) is 0. The number of thiophene rings is 1. The molecule has 1 saturated heterocycles. The lowest BCUT2D eigenvalue weighted by molar-refractivity contribution is -0.346. The maximum absolute atomic E-state index is 13.7. The van der Waals surface area contributed by atoms with E-state index in [9.17, 15) is 27.9 Å². The van der Waals surface area contributed by atoms with E-state index in [-0.39, 0.29) is 36.9 Å². The summed E-state index contributed by atoms with van der Waals surface area (Å²) in [4.78, 5) is 36.7. The number of aromatic carboxylic acids is 1. The van der Waals surface area contributed by atoms with Crippen molar-refractivity contribution in [1.82, 2.24) is 19.4 Å². The number of ether oxygens (including phenoxy) is 2. The van der Waals surface area contributed by atoms with Gasteiger partial charge in [-0.15, -0.1) is 24.5 Å². The van der Waals surface area contributed by atoms with Crippen molar-refractivity contribution < 1.29 is 32.5 Å². The largest absolute Gasteiger partial charge is 0.522 e. The third-order valence-electron chi connectivity index (χ3n) is 8.60. The van der Waals surface area contributed by atoms with Gasteiger partial charge in [-0.2, -0.15) is 0 Å². The number of carboxylic acids is 1. The number of aromatic nitrogens is 3. The number of hydrogen-bond donors (Lipinski definition) is 1. The van der Waals surface area contributed by atoms with Crippen molar-refractivity contribution in [1.29, 1.82) is 0 Å². The highest BCUT2D eigenvalue weighted by Gasteiger charge is 2.37. The van der Waals surface area contributed by atoms with Crippen LogP contribution in [0.25, 0.3) is 21.3 Å². The maximum atomic E-state index is 13.7. The monoisotopic (exact) mass is 676 g/mol. The average Bonchev–Trinajstić information content (AvgIpc) is 3.42. The number of fused-ring (bicyclic) bond motifs is 2. The molecule has 14 heteroatoms. The van der Waals surface area contributed by atoms with Crippen LogP contribution in [-0.2, 0) is 24.1 Å². The molecule has 4 aromatic rings. The molecule has 3 aromatic heterocycles. The number of hydrogen-bond acceptors (Lipinski definition) is 8. The van der Waals surface area contributed by atoms with Gasteiger partial charge in [0.15, 0.2) is 0 Å². The first-order chi connectivity index (χ1) is 21.9. The third kappa shape index (κ3) is 6.78. The smallest absolute Gasteiger partial charge is 0.491 e. The van der Waals surface area contributed by atoms with Crippen LogP contribution in [0.15, 0.2) is 34.4 Å². The number of halogens is 4. The predicted molar refractivity (Wildman–Crippen MR) is 168 cm³/mol. The zero-order valence-electron chi connectivity index (χ0n) is 25.2.